The van der Waals surface area contributed by atoms with Gasteiger partial charge in [-0.3, -0.25) is 0 Å². The maximum Gasteiger partial charge on any atom is 0.319 e. The second kappa shape index (κ2) is 11.0. The minimum Gasteiger partial charge on any atom is -0.463 e. The van der Waals surface area contributed by atoms with Crippen molar-refractivity contribution in [1.82, 2.24) is 9.97 Å². The van der Waals surface area contributed by atoms with Gasteiger partial charge in [0, 0.05) is 30.6 Å². The Morgan fingerprint density at radius 1 is 1.22 bits per heavy atom. The smallest absolute Gasteiger partial charge is 0.319 e. The lowest BCUT2D eigenvalue weighted by Gasteiger charge is -2.22. The van der Waals surface area contributed by atoms with Crippen LogP contribution in [0.5, 0.6) is 6.01 Å². The number of fused-ring (bicyclic) bond motifs is 3. The SMILES string of the molecule is C/C=C(/F)c1sc(N)c(C#N)c1/C(=C(\C)CC)c1c2c(c3c(N(C)C)nc(OCC4(CC)CC4)nc3c1F)COC2. The molecule has 3 heterocycles. The summed E-state index contributed by atoms with van der Waals surface area (Å²) in [7, 11) is 3.69. The van der Waals surface area contributed by atoms with Gasteiger partial charge in [0.15, 0.2) is 5.82 Å². The summed E-state index contributed by atoms with van der Waals surface area (Å²) in [6.07, 6.45) is 5.02. The summed E-state index contributed by atoms with van der Waals surface area (Å²) in [5.41, 5.74) is 9.78. The second-order valence-corrected chi connectivity index (χ2v) is 12.1. The molecule has 41 heavy (non-hydrogen) atoms. The number of nitrogen functional groups attached to an aromatic ring is 1. The molecule has 2 N–H and O–H groups in total. The molecule has 1 fully saturated rings. The first-order valence-electron chi connectivity index (χ1n) is 13.9. The highest BCUT2D eigenvalue weighted by molar-refractivity contribution is 7.17. The highest BCUT2D eigenvalue weighted by Crippen LogP contribution is 2.50. The zero-order valence-corrected chi connectivity index (χ0v) is 25.2. The number of halogens is 2. The molecule has 0 unspecified atom stereocenters. The van der Waals surface area contributed by atoms with Gasteiger partial charge in [0.25, 0.3) is 0 Å². The molecule has 0 radical (unpaired) electrons. The molecular weight excluding hydrogens is 544 g/mol. The van der Waals surface area contributed by atoms with Crippen molar-refractivity contribution in [2.45, 2.75) is 66.6 Å². The van der Waals surface area contributed by atoms with Gasteiger partial charge in [0.05, 0.1) is 35.6 Å². The normalized spacial score (nSPS) is 16.4. The zero-order chi connectivity index (χ0) is 29.6. The number of nitrogens with two attached hydrogens (primary N) is 1. The number of aromatic nitrogens is 2. The van der Waals surface area contributed by atoms with Gasteiger partial charge in [-0.2, -0.15) is 15.2 Å². The third-order valence-electron chi connectivity index (χ3n) is 8.37. The van der Waals surface area contributed by atoms with E-state index in [4.69, 9.17) is 20.2 Å². The number of hydrogen-bond donors (Lipinski definition) is 1. The number of benzene rings is 1. The van der Waals surface area contributed by atoms with E-state index >= 15 is 8.78 Å². The predicted molar refractivity (Wildman–Crippen MR) is 160 cm³/mol. The van der Waals surface area contributed by atoms with E-state index < -0.39 is 11.6 Å². The van der Waals surface area contributed by atoms with Gasteiger partial charge in [0.1, 0.15) is 28.2 Å². The molecule has 0 saturated heterocycles. The van der Waals surface area contributed by atoms with E-state index in [1.54, 1.807) is 6.92 Å². The maximum atomic E-state index is 17.1. The zero-order valence-electron chi connectivity index (χ0n) is 24.4. The minimum absolute atomic E-state index is 0.107. The lowest BCUT2D eigenvalue weighted by Crippen LogP contribution is -2.17. The number of thiophene rings is 1. The summed E-state index contributed by atoms with van der Waals surface area (Å²) in [6, 6.07) is 2.26. The molecule has 2 aromatic heterocycles. The van der Waals surface area contributed by atoms with Crippen molar-refractivity contribution in [3.63, 3.8) is 0 Å². The molecule has 0 spiro atoms. The van der Waals surface area contributed by atoms with Crippen molar-refractivity contribution in [2.24, 2.45) is 5.41 Å². The van der Waals surface area contributed by atoms with Crippen LogP contribution in [-0.2, 0) is 18.0 Å². The first-order chi connectivity index (χ1) is 19.6. The summed E-state index contributed by atoms with van der Waals surface area (Å²) in [5.74, 6) is -0.569. The summed E-state index contributed by atoms with van der Waals surface area (Å²) in [5, 5.41) is 10.8. The predicted octanol–water partition coefficient (Wildman–Crippen LogP) is 7.51. The minimum atomic E-state index is -0.584. The van der Waals surface area contributed by atoms with Crippen molar-refractivity contribution in [1.29, 1.82) is 5.26 Å². The van der Waals surface area contributed by atoms with Crippen LogP contribution in [0.2, 0.25) is 0 Å². The van der Waals surface area contributed by atoms with Crippen LogP contribution in [0.15, 0.2) is 11.6 Å². The quantitative estimate of drug-likeness (QED) is 0.280. The molecule has 0 amide bonds. The van der Waals surface area contributed by atoms with Gasteiger partial charge in [-0.05, 0) is 56.2 Å². The van der Waals surface area contributed by atoms with Crippen LogP contribution in [0.25, 0.3) is 22.3 Å². The molecule has 5 rings (SSSR count). The Labute approximate surface area is 243 Å². The van der Waals surface area contributed by atoms with Gasteiger partial charge in [-0.15, -0.1) is 11.3 Å². The molecule has 1 aliphatic heterocycles. The summed E-state index contributed by atoms with van der Waals surface area (Å²) >= 11 is 0.989. The molecule has 10 heteroatoms. The third kappa shape index (κ3) is 4.85. The fourth-order valence-corrected chi connectivity index (χ4v) is 6.45. The van der Waals surface area contributed by atoms with Crippen molar-refractivity contribution in [2.75, 3.05) is 31.3 Å². The third-order valence-corrected chi connectivity index (χ3v) is 9.40. The van der Waals surface area contributed by atoms with Gasteiger partial charge in [-0.1, -0.05) is 25.5 Å². The number of allylic oxidation sites excluding steroid dienone is 2. The van der Waals surface area contributed by atoms with Gasteiger partial charge < -0.3 is 20.1 Å². The van der Waals surface area contributed by atoms with E-state index in [1.807, 2.05) is 32.8 Å². The molecule has 0 bridgehead atoms. The Morgan fingerprint density at radius 2 is 1.93 bits per heavy atom. The van der Waals surface area contributed by atoms with Crippen molar-refractivity contribution >= 4 is 44.5 Å². The van der Waals surface area contributed by atoms with E-state index in [9.17, 15) is 5.26 Å². The largest absolute Gasteiger partial charge is 0.463 e. The van der Waals surface area contributed by atoms with Gasteiger partial charge >= 0.3 is 6.01 Å². The summed E-state index contributed by atoms with van der Waals surface area (Å²) in [4.78, 5) is 11.3. The number of ether oxygens (including phenoxy) is 2. The molecule has 1 aliphatic carbocycles. The number of anilines is 2. The lowest BCUT2D eigenvalue weighted by atomic mass is 9.84. The molecule has 7 nitrogen and oxygen atoms in total. The fraction of sp³-hybridized carbons (Fsp3) is 0.452. The van der Waals surface area contributed by atoms with Crippen LogP contribution in [0.1, 0.15) is 86.1 Å². The van der Waals surface area contributed by atoms with E-state index in [0.717, 1.165) is 41.7 Å². The molecule has 216 valence electrons. The topological polar surface area (TPSA) is 97.3 Å². The van der Waals surface area contributed by atoms with Gasteiger partial charge in [-0.25, -0.2) is 8.78 Å². The van der Waals surface area contributed by atoms with Crippen molar-refractivity contribution in [3.8, 4) is 12.1 Å². The van der Waals surface area contributed by atoms with Crippen molar-refractivity contribution in [3.05, 3.63) is 50.2 Å². The standard InChI is InChI=1S/C31H35F2N5O2S/c1-7-16(4)21(23-17(12-34)28(35)41-27(23)20(32)8-2)22-18-13-39-14-19(18)24-26(25(22)33)36-30(37-29(24)38(5)6)40-15-31(9-3)10-11-31/h8H,7,9-11,13-15,35H2,1-6H3/b20-8+,21-16+. The monoisotopic (exact) mass is 579 g/mol. The molecule has 3 aromatic rings. The molecule has 2 aliphatic rings. The number of hydrogen-bond acceptors (Lipinski definition) is 8. The molecular formula is C31H35F2N5O2S. The maximum absolute atomic E-state index is 17.1. The van der Waals surface area contributed by atoms with Gasteiger partial charge in [0.2, 0.25) is 0 Å². The highest BCUT2D eigenvalue weighted by atomic mass is 32.1. The number of rotatable bonds is 9. The van der Waals surface area contributed by atoms with Crippen LogP contribution in [0.3, 0.4) is 0 Å². The Hall–Kier alpha value is -3.55. The van der Waals surface area contributed by atoms with Crippen LogP contribution in [0.4, 0.5) is 19.6 Å². The highest BCUT2D eigenvalue weighted by Gasteiger charge is 2.42. The van der Waals surface area contributed by atoms with Crippen LogP contribution in [-0.4, -0.2) is 30.7 Å². The summed E-state index contributed by atoms with van der Waals surface area (Å²) < 4.78 is 44.3. The Morgan fingerprint density at radius 3 is 2.51 bits per heavy atom. The Balaban J connectivity index is 1.84. The fourth-order valence-electron chi connectivity index (χ4n) is 5.46. The summed E-state index contributed by atoms with van der Waals surface area (Å²) in [6.45, 7) is 8.39. The van der Waals surface area contributed by atoms with E-state index in [-0.39, 0.29) is 51.2 Å². The molecule has 0 atom stereocenters. The Kier molecular flexibility index (Phi) is 7.79. The van der Waals surface area contributed by atoms with E-state index in [1.165, 1.54) is 6.08 Å². The average Bonchev–Trinajstić information content (AvgIpc) is 3.46. The Bertz CT molecular complexity index is 1650. The van der Waals surface area contributed by atoms with Crippen LogP contribution < -0.4 is 15.4 Å². The number of nitrogens with zero attached hydrogens (tertiary/aromatic N) is 4. The number of nitriles is 1. The second-order valence-electron chi connectivity index (χ2n) is 11.0. The first kappa shape index (κ1) is 29.0. The van der Waals surface area contributed by atoms with Crippen LogP contribution >= 0.6 is 11.3 Å². The van der Waals surface area contributed by atoms with Crippen LogP contribution in [0, 0.1) is 22.6 Å². The first-order valence-corrected chi connectivity index (χ1v) is 14.7. The lowest BCUT2D eigenvalue weighted by molar-refractivity contribution is 0.134. The average molecular weight is 580 g/mol. The molecule has 1 aromatic carbocycles. The van der Waals surface area contributed by atoms with E-state index in [0.29, 0.717) is 40.9 Å². The van der Waals surface area contributed by atoms with Crippen molar-refractivity contribution < 1.29 is 18.3 Å². The molecule has 1 saturated carbocycles. The van der Waals surface area contributed by atoms with E-state index in [2.05, 4.69) is 18.0 Å².